The quantitative estimate of drug-likeness (QED) is 0.262. The largest absolute Gasteiger partial charge is 0.381 e. The van der Waals surface area contributed by atoms with Crippen LogP contribution in [-0.4, -0.2) is 37.2 Å². The molecule has 0 saturated heterocycles. The Morgan fingerprint density at radius 2 is 2.13 bits per heavy atom. The van der Waals surface area contributed by atoms with E-state index in [0.29, 0.717) is 6.54 Å². The Morgan fingerprint density at radius 3 is 2.74 bits per heavy atom. The van der Waals surface area contributed by atoms with Gasteiger partial charge in [0.05, 0.1) is 17.2 Å². The van der Waals surface area contributed by atoms with Crippen LogP contribution in [0.3, 0.4) is 0 Å². The van der Waals surface area contributed by atoms with Crippen LogP contribution in [0.1, 0.15) is 41.8 Å². The standard InChI is InChI=1S/C16H28N4OS.HI/c1-4-17-16(18-8-5-9-21-11-14-6-7-14)19-10-15-12(2)20-13(3)22-15;/h14H,4-11H2,1-3H3,(H2,17,18,19);1H. The molecule has 0 aliphatic heterocycles. The summed E-state index contributed by atoms with van der Waals surface area (Å²) >= 11 is 1.72. The first-order valence-electron chi connectivity index (χ1n) is 8.22. The lowest BCUT2D eigenvalue weighted by atomic mass is 10.4. The number of guanidine groups is 1. The summed E-state index contributed by atoms with van der Waals surface area (Å²) in [6.07, 6.45) is 3.72. The fourth-order valence-corrected chi connectivity index (χ4v) is 2.99. The lowest BCUT2D eigenvalue weighted by Gasteiger charge is -2.11. The third-order valence-corrected chi connectivity index (χ3v) is 4.59. The van der Waals surface area contributed by atoms with E-state index in [1.165, 1.54) is 17.7 Å². The molecule has 23 heavy (non-hydrogen) atoms. The number of aryl methyl sites for hydroxylation is 2. The van der Waals surface area contributed by atoms with Gasteiger partial charge in [-0.05, 0) is 46.0 Å². The third-order valence-electron chi connectivity index (χ3n) is 3.53. The van der Waals surface area contributed by atoms with Crippen molar-refractivity contribution in [1.82, 2.24) is 15.6 Å². The number of nitrogens with one attached hydrogen (secondary N) is 2. The van der Waals surface area contributed by atoms with E-state index in [4.69, 9.17) is 4.74 Å². The van der Waals surface area contributed by atoms with Crippen LogP contribution in [0.5, 0.6) is 0 Å². The maximum atomic E-state index is 5.64. The summed E-state index contributed by atoms with van der Waals surface area (Å²) in [5.41, 5.74) is 1.09. The van der Waals surface area contributed by atoms with Gasteiger partial charge in [-0.25, -0.2) is 9.98 Å². The van der Waals surface area contributed by atoms with E-state index in [1.54, 1.807) is 11.3 Å². The fourth-order valence-electron chi connectivity index (χ4n) is 2.13. The topological polar surface area (TPSA) is 58.5 Å². The third kappa shape index (κ3) is 8.30. The minimum absolute atomic E-state index is 0. The van der Waals surface area contributed by atoms with Crippen molar-refractivity contribution >= 4 is 41.3 Å². The number of aromatic nitrogens is 1. The first kappa shape index (κ1) is 20.6. The monoisotopic (exact) mass is 452 g/mol. The van der Waals surface area contributed by atoms with Crippen LogP contribution < -0.4 is 10.6 Å². The number of rotatable bonds is 9. The summed E-state index contributed by atoms with van der Waals surface area (Å²) in [5.74, 6) is 1.72. The first-order chi connectivity index (χ1) is 10.7. The van der Waals surface area contributed by atoms with E-state index in [0.717, 1.165) is 55.3 Å². The van der Waals surface area contributed by atoms with E-state index in [1.807, 2.05) is 13.8 Å². The second-order valence-electron chi connectivity index (χ2n) is 5.74. The van der Waals surface area contributed by atoms with Crippen molar-refractivity contribution in [2.24, 2.45) is 10.9 Å². The molecule has 1 aliphatic rings. The Hall–Kier alpha value is -0.410. The van der Waals surface area contributed by atoms with Crippen molar-refractivity contribution in [3.63, 3.8) is 0 Å². The maximum Gasteiger partial charge on any atom is 0.191 e. The first-order valence-corrected chi connectivity index (χ1v) is 9.03. The Labute approximate surface area is 160 Å². The van der Waals surface area contributed by atoms with Crippen LogP contribution in [0.15, 0.2) is 4.99 Å². The lowest BCUT2D eigenvalue weighted by molar-refractivity contribution is 0.123. The SMILES string of the molecule is CCNC(=NCc1sc(C)nc1C)NCCCOCC1CC1.I. The highest BCUT2D eigenvalue weighted by atomic mass is 127. The highest BCUT2D eigenvalue weighted by Crippen LogP contribution is 2.28. The molecule has 0 radical (unpaired) electrons. The number of hydrogen-bond donors (Lipinski definition) is 2. The molecule has 0 bridgehead atoms. The smallest absolute Gasteiger partial charge is 0.191 e. The van der Waals surface area contributed by atoms with Crippen LogP contribution in [0.25, 0.3) is 0 Å². The van der Waals surface area contributed by atoms with Gasteiger partial charge in [0.15, 0.2) is 5.96 Å². The van der Waals surface area contributed by atoms with Crippen LogP contribution in [0.2, 0.25) is 0 Å². The zero-order valence-corrected chi connectivity index (χ0v) is 17.5. The molecule has 1 heterocycles. The van der Waals surface area contributed by atoms with Crippen LogP contribution in [-0.2, 0) is 11.3 Å². The van der Waals surface area contributed by atoms with Crippen LogP contribution in [0.4, 0.5) is 0 Å². The van der Waals surface area contributed by atoms with Gasteiger partial charge in [0.1, 0.15) is 0 Å². The van der Waals surface area contributed by atoms with Gasteiger partial charge in [-0.2, -0.15) is 0 Å². The summed E-state index contributed by atoms with van der Waals surface area (Å²) in [6, 6.07) is 0. The number of nitrogens with zero attached hydrogens (tertiary/aromatic N) is 2. The Balaban J connectivity index is 0.00000264. The minimum Gasteiger partial charge on any atom is -0.381 e. The zero-order valence-electron chi connectivity index (χ0n) is 14.4. The van der Waals surface area contributed by atoms with Gasteiger partial charge in [-0.1, -0.05) is 0 Å². The summed E-state index contributed by atoms with van der Waals surface area (Å²) in [4.78, 5) is 10.3. The van der Waals surface area contributed by atoms with E-state index >= 15 is 0 Å². The summed E-state index contributed by atoms with van der Waals surface area (Å²) in [5, 5.41) is 7.75. The molecule has 0 aromatic carbocycles. The minimum atomic E-state index is 0. The second-order valence-corrected chi connectivity index (χ2v) is 7.02. The predicted octanol–water partition coefficient (Wildman–Crippen LogP) is 3.25. The molecular formula is C16H29IN4OS. The van der Waals surface area contributed by atoms with Crippen molar-refractivity contribution in [2.45, 2.75) is 46.6 Å². The van der Waals surface area contributed by atoms with Crippen molar-refractivity contribution in [2.75, 3.05) is 26.3 Å². The molecule has 1 aromatic rings. The van der Waals surface area contributed by atoms with E-state index < -0.39 is 0 Å². The number of thiazole rings is 1. The summed E-state index contributed by atoms with van der Waals surface area (Å²) in [6.45, 7) is 10.4. The highest BCUT2D eigenvalue weighted by Gasteiger charge is 2.20. The molecule has 0 unspecified atom stereocenters. The molecule has 0 amide bonds. The van der Waals surface area contributed by atoms with Gasteiger partial charge >= 0.3 is 0 Å². The molecule has 7 heteroatoms. The Morgan fingerprint density at radius 1 is 1.35 bits per heavy atom. The molecule has 2 rings (SSSR count). The van der Waals surface area contributed by atoms with Crippen molar-refractivity contribution in [3.05, 3.63) is 15.6 Å². The lowest BCUT2D eigenvalue weighted by Crippen LogP contribution is -2.38. The van der Waals surface area contributed by atoms with Crippen molar-refractivity contribution < 1.29 is 4.74 Å². The molecule has 0 atom stereocenters. The van der Waals surface area contributed by atoms with Gasteiger partial charge in [0.25, 0.3) is 0 Å². The van der Waals surface area contributed by atoms with E-state index in [9.17, 15) is 0 Å². The molecule has 0 spiro atoms. The van der Waals surface area contributed by atoms with Gasteiger partial charge in [-0.15, -0.1) is 35.3 Å². The molecule has 1 saturated carbocycles. The highest BCUT2D eigenvalue weighted by molar-refractivity contribution is 14.0. The molecule has 132 valence electrons. The van der Waals surface area contributed by atoms with Gasteiger partial charge < -0.3 is 15.4 Å². The summed E-state index contributed by atoms with van der Waals surface area (Å²) < 4.78 is 5.64. The molecular weight excluding hydrogens is 423 g/mol. The van der Waals surface area contributed by atoms with E-state index in [2.05, 4.69) is 27.5 Å². The molecule has 5 nitrogen and oxygen atoms in total. The molecule has 1 fully saturated rings. The van der Waals surface area contributed by atoms with Gasteiger partial charge in [0.2, 0.25) is 0 Å². The predicted molar refractivity (Wildman–Crippen MR) is 108 cm³/mol. The number of aliphatic imine (C=N–C) groups is 1. The number of halogens is 1. The zero-order chi connectivity index (χ0) is 15.8. The van der Waals surface area contributed by atoms with Gasteiger partial charge in [0, 0.05) is 31.2 Å². The average molecular weight is 452 g/mol. The average Bonchev–Trinajstić information content (AvgIpc) is 3.24. The van der Waals surface area contributed by atoms with Gasteiger partial charge in [-0.3, -0.25) is 0 Å². The van der Waals surface area contributed by atoms with E-state index in [-0.39, 0.29) is 24.0 Å². The Bertz CT molecular complexity index is 488. The van der Waals surface area contributed by atoms with Crippen molar-refractivity contribution in [1.29, 1.82) is 0 Å². The number of hydrogen-bond acceptors (Lipinski definition) is 4. The molecule has 1 aromatic heterocycles. The summed E-state index contributed by atoms with van der Waals surface area (Å²) in [7, 11) is 0. The van der Waals surface area contributed by atoms with Crippen molar-refractivity contribution in [3.8, 4) is 0 Å². The second kappa shape index (κ2) is 11.2. The fraction of sp³-hybridized carbons (Fsp3) is 0.750. The number of ether oxygens (including phenoxy) is 1. The molecule has 1 aliphatic carbocycles. The normalized spacial score (nSPS) is 14.5. The van der Waals surface area contributed by atoms with Crippen LogP contribution in [0, 0.1) is 19.8 Å². The van der Waals surface area contributed by atoms with Crippen LogP contribution >= 0.6 is 35.3 Å². The Kier molecular flexibility index (Phi) is 10.0. The maximum absolute atomic E-state index is 5.64. The molecule has 2 N–H and O–H groups in total.